The quantitative estimate of drug-likeness (QED) is 0.608. The molecule has 1 aromatic rings. The van der Waals surface area contributed by atoms with Crippen LogP contribution in [0.25, 0.3) is 0 Å². The zero-order valence-electron chi connectivity index (χ0n) is 10.4. The van der Waals surface area contributed by atoms with Gasteiger partial charge in [0.1, 0.15) is 6.54 Å². The van der Waals surface area contributed by atoms with E-state index < -0.39 is 24.5 Å². The molecule has 0 atom stereocenters. The Labute approximate surface area is 138 Å². The van der Waals surface area contributed by atoms with Crippen molar-refractivity contribution in [1.82, 2.24) is 10.6 Å². The molecule has 0 spiro atoms. The fourth-order valence-electron chi connectivity index (χ4n) is 1.22. The smallest absolute Gasteiger partial charge is 0.322 e. The number of hydrogen-bond acceptors (Lipinski definition) is 3. The second-order valence-corrected chi connectivity index (χ2v) is 5.45. The molecule has 4 N–H and O–H groups in total. The number of benzene rings is 1. The molecule has 1 rings (SSSR count). The Morgan fingerprint density at radius 2 is 1.67 bits per heavy atom. The second kappa shape index (κ2) is 8.06. The first-order chi connectivity index (χ1) is 9.79. The van der Waals surface area contributed by atoms with E-state index in [1.54, 1.807) is 12.1 Å². The number of anilines is 1. The summed E-state index contributed by atoms with van der Waals surface area (Å²) in [5.41, 5.74) is 0.199. The van der Waals surface area contributed by atoms with Crippen molar-refractivity contribution in [2.45, 2.75) is 0 Å². The number of amides is 3. The average molecular weight is 399 g/mol. The molecule has 0 saturated carbocycles. The van der Waals surface area contributed by atoms with E-state index in [1.165, 1.54) is 0 Å². The Balaban J connectivity index is 2.51. The van der Waals surface area contributed by atoms with Gasteiger partial charge in [-0.05, 0) is 12.1 Å². The maximum atomic E-state index is 11.6. The summed E-state index contributed by atoms with van der Waals surface area (Å²) in [7, 11) is 0. The average Bonchev–Trinajstić information content (AvgIpc) is 2.38. The highest BCUT2D eigenvalue weighted by molar-refractivity contribution is 9.10. The Bertz CT molecular complexity index is 560. The third-order valence-electron chi connectivity index (χ3n) is 2.09. The Morgan fingerprint density at radius 1 is 1.10 bits per heavy atom. The van der Waals surface area contributed by atoms with Gasteiger partial charge in [0, 0.05) is 4.47 Å². The lowest BCUT2D eigenvalue weighted by Crippen LogP contribution is -2.40. The molecule has 0 aliphatic rings. The van der Waals surface area contributed by atoms with Gasteiger partial charge in [-0.3, -0.25) is 9.59 Å². The Morgan fingerprint density at radius 3 is 2.19 bits per heavy atom. The number of urea groups is 1. The van der Waals surface area contributed by atoms with Gasteiger partial charge in [-0.1, -0.05) is 39.1 Å². The van der Waals surface area contributed by atoms with Gasteiger partial charge in [0.05, 0.1) is 22.3 Å². The molecule has 0 heterocycles. The number of carboxylic acid groups (broad SMARTS) is 1. The van der Waals surface area contributed by atoms with E-state index in [2.05, 4.69) is 31.9 Å². The van der Waals surface area contributed by atoms with Crippen molar-refractivity contribution in [2.24, 2.45) is 0 Å². The summed E-state index contributed by atoms with van der Waals surface area (Å²) >= 11 is 15.0. The van der Waals surface area contributed by atoms with Crippen LogP contribution >= 0.6 is 39.1 Å². The first kappa shape index (κ1) is 17.5. The minimum atomic E-state index is -1.18. The summed E-state index contributed by atoms with van der Waals surface area (Å²) in [5.74, 6) is -1.82. The molecule has 0 saturated heterocycles. The van der Waals surface area contributed by atoms with Gasteiger partial charge in [-0.2, -0.15) is 0 Å². The molecule has 114 valence electrons. The van der Waals surface area contributed by atoms with Crippen LogP contribution in [0.4, 0.5) is 10.5 Å². The van der Waals surface area contributed by atoms with Crippen LogP contribution in [0.3, 0.4) is 0 Å². The first-order valence-electron chi connectivity index (χ1n) is 5.47. The zero-order chi connectivity index (χ0) is 16.0. The van der Waals surface area contributed by atoms with Gasteiger partial charge in [-0.25, -0.2) is 4.79 Å². The lowest BCUT2D eigenvalue weighted by molar-refractivity contribution is -0.137. The number of carbonyl (C=O) groups is 3. The summed E-state index contributed by atoms with van der Waals surface area (Å²) in [6.07, 6.45) is 0. The normalized spacial score (nSPS) is 9.86. The zero-order valence-corrected chi connectivity index (χ0v) is 13.5. The molecule has 0 unspecified atom stereocenters. The third kappa shape index (κ3) is 6.19. The monoisotopic (exact) mass is 397 g/mol. The van der Waals surface area contributed by atoms with Gasteiger partial charge in [-0.15, -0.1) is 0 Å². The van der Waals surface area contributed by atoms with Crippen LogP contribution in [0, 0.1) is 0 Å². The number of halogens is 3. The minimum Gasteiger partial charge on any atom is -0.480 e. The Hall–Kier alpha value is -1.51. The van der Waals surface area contributed by atoms with E-state index in [4.69, 9.17) is 28.3 Å². The molecule has 0 fully saturated rings. The number of carbonyl (C=O) groups excluding carboxylic acids is 2. The topological polar surface area (TPSA) is 108 Å². The molecular formula is C11H10BrCl2N3O4. The lowest BCUT2D eigenvalue weighted by atomic mass is 10.3. The maximum Gasteiger partial charge on any atom is 0.322 e. The van der Waals surface area contributed by atoms with Crippen LogP contribution in [0.1, 0.15) is 0 Å². The van der Waals surface area contributed by atoms with E-state index in [0.29, 0.717) is 4.47 Å². The van der Waals surface area contributed by atoms with Crippen LogP contribution in [0.5, 0.6) is 0 Å². The van der Waals surface area contributed by atoms with Crippen LogP contribution < -0.4 is 16.0 Å². The van der Waals surface area contributed by atoms with Crippen LogP contribution in [-0.2, 0) is 9.59 Å². The summed E-state index contributed by atoms with van der Waals surface area (Å²) in [4.78, 5) is 33.0. The van der Waals surface area contributed by atoms with E-state index in [1.807, 2.05) is 0 Å². The van der Waals surface area contributed by atoms with Gasteiger partial charge in [0.25, 0.3) is 0 Å². The molecule has 10 heteroatoms. The van der Waals surface area contributed by atoms with Crippen molar-refractivity contribution in [3.8, 4) is 0 Å². The predicted octanol–water partition coefficient (Wildman–Crippen LogP) is 2.08. The van der Waals surface area contributed by atoms with Crippen LogP contribution in [0.15, 0.2) is 16.6 Å². The molecule has 0 aliphatic heterocycles. The van der Waals surface area contributed by atoms with Crippen molar-refractivity contribution < 1.29 is 19.5 Å². The summed E-state index contributed by atoms with van der Waals surface area (Å²) in [5, 5.41) is 15.5. The van der Waals surface area contributed by atoms with Crippen molar-refractivity contribution in [2.75, 3.05) is 18.4 Å². The van der Waals surface area contributed by atoms with Crippen molar-refractivity contribution in [3.63, 3.8) is 0 Å². The highest BCUT2D eigenvalue weighted by atomic mass is 79.9. The molecule has 1 aromatic carbocycles. The van der Waals surface area contributed by atoms with Crippen LogP contribution in [0.2, 0.25) is 10.0 Å². The fourth-order valence-corrected chi connectivity index (χ4v) is 2.52. The van der Waals surface area contributed by atoms with Crippen molar-refractivity contribution in [3.05, 3.63) is 26.7 Å². The molecular weight excluding hydrogens is 389 g/mol. The van der Waals surface area contributed by atoms with Gasteiger partial charge in [0.2, 0.25) is 5.91 Å². The van der Waals surface area contributed by atoms with Crippen molar-refractivity contribution in [1.29, 1.82) is 0 Å². The van der Waals surface area contributed by atoms with Crippen molar-refractivity contribution >= 4 is 62.7 Å². The molecule has 0 radical (unpaired) electrons. The molecule has 0 bridgehead atoms. The van der Waals surface area contributed by atoms with E-state index >= 15 is 0 Å². The molecule has 0 aromatic heterocycles. The largest absolute Gasteiger partial charge is 0.480 e. The van der Waals surface area contributed by atoms with Gasteiger partial charge in [0.15, 0.2) is 0 Å². The second-order valence-electron chi connectivity index (χ2n) is 3.72. The fraction of sp³-hybridized carbons (Fsp3) is 0.182. The third-order valence-corrected chi connectivity index (χ3v) is 3.15. The highest BCUT2D eigenvalue weighted by Crippen LogP contribution is 2.33. The molecule has 0 aliphatic carbocycles. The number of rotatable bonds is 5. The maximum absolute atomic E-state index is 11.6. The summed E-state index contributed by atoms with van der Waals surface area (Å²) in [6, 6.07) is 2.39. The summed E-state index contributed by atoms with van der Waals surface area (Å²) in [6.45, 7) is -0.905. The summed E-state index contributed by atoms with van der Waals surface area (Å²) < 4.78 is 0.650. The minimum absolute atomic E-state index is 0.199. The van der Waals surface area contributed by atoms with E-state index in [0.717, 1.165) is 0 Å². The SMILES string of the molecule is O=C(O)CNC(=O)CNC(=O)Nc1c(Cl)cc(Br)cc1Cl. The van der Waals surface area contributed by atoms with Gasteiger partial charge >= 0.3 is 12.0 Å². The number of nitrogens with one attached hydrogen (secondary N) is 3. The highest BCUT2D eigenvalue weighted by Gasteiger charge is 2.12. The Kier molecular flexibility index (Phi) is 6.73. The number of aliphatic carboxylic acids is 1. The van der Waals surface area contributed by atoms with Crippen LogP contribution in [-0.4, -0.2) is 36.1 Å². The van der Waals surface area contributed by atoms with Gasteiger partial charge < -0.3 is 21.1 Å². The standard InChI is InChI=1S/C11H10BrCl2N3O4/c12-5-1-6(13)10(7(14)2-5)17-11(21)16-3-8(18)15-4-9(19)20/h1-2H,3-4H2,(H,15,18)(H,19,20)(H2,16,17,21). The first-order valence-corrected chi connectivity index (χ1v) is 7.02. The molecule has 21 heavy (non-hydrogen) atoms. The lowest BCUT2D eigenvalue weighted by Gasteiger charge is -2.11. The number of carboxylic acids is 1. The van der Waals surface area contributed by atoms with E-state index in [-0.39, 0.29) is 22.3 Å². The number of hydrogen-bond donors (Lipinski definition) is 4. The molecule has 7 nitrogen and oxygen atoms in total. The van der Waals surface area contributed by atoms with E-state index in [9.17, 15) is 14.4 Å². The molecule has 3 amide bonds. The predicted molar refractivity (Wildman–Crippen MR) is 81.8 cm³/mol.